The van der Waals surface area contributed by atoms with E-state index in [1.54, 1.807) is 12.1 Å². The average molecular weight is 421 g/mol. The average Bonchev–Trinajstić information content (AvgIpc) is 3.13. The van der Waals surface area contributed by atoms with Gasteiger partial charge in [0.1, 0.15) is 23.0 Å². The van der Waals surface area contributed by atoms with Gasteiger partial charge in [0.25, 0.3) is 0 Å². The molecule has 31 heavy (non-hydrogen) atoms. The molecule has 4 aromatic rings. The molecule has 0 radical (unpaired) electrons. The van der Waals surface area contributed by atoms with Crippen LogP contribution in [0.2, 0.25) is 0 Å². The van der Waals surface area contributed by atoms with E-state index in [1.807, 2.05) is 6.92 Å². The second-order valence-electron chi connectivity index (χ2n) is 6.87. The van der Waals surface area contributed by atoms with E-state index in [2.05, 4.69) is 5.32 Å². The number of halogens is 2. The van der Waals surface area contributed by atoms with Crippen molar-refractivity contribution >= 4 is 28.9 Å². The smallest absolute Gasteiger partial charge is 0.335 e. The molecule has 0 atom stereocenters. The van der Waals surface area contributed by atoms with Gasteiger partial charge in [-0.25, -0.2) is 13.6 Å². The van der Waals surface area contributed by atoms with Gasteiger partial charge in [-0.3, -0.25) is 4.79 Å². The minimum absolute atomic E-state index is 0.00204. The number of aldehydes is 1. The summed E-state index contributed by atoms with van der Waals surface area (Å²) in [6.45, 7) is 2.31. The number of benzene rings is 3. The first-order valence-corrected chi connectivity index (χ1v) is 9.52. The van der Waals surface area contributed by atoms with Crippen LogP contribution in [0.3, 0.4) is 0 Å². The van der Waals surface area contributed by atoms with Crippen molar-refractivity contribution in [2.75, 3.05) is 11.9 Å². The normalized spacial score (nSPS) is 10.9. The van der Waals surface area contributed by atoms with Gasteiger partial charge < -0.3 is 14.8 Å². The third-order valence-corrected chi connectivity index (χ3v) is 4.95. The van der Waals surface area contributed by atoms with Gasteiger partial charge in [-0.2, -0.15) is 0 Å². The zero-order chi connectivity index (χ0) is 22.1. The second-order valence-corrected chi connectivity index (χ2v) is 6.87. The topological polar surface area (TPSA) is 79.5 Å². The minimum Gasteiger partial charge on any atom is -0.478 e. The number of carboxylic acids is 1. The third kappa shape index (κ3) is 3.54. The van der Waals surface area contributed by atoms with Crippen LogP contribution in [0.15, 0.2) is 59.0 Å². The number of hydrogen-bond acceptors (Lipinski definition) is 4. The Morgan fingerprint density at radius 2 is 1.84 bits per heavy atom. The number of anilines is 1. The van der Waals surface area contributed by atoms with Crippen molar-refractivity contribution in [1.82, 2.24) is 0 Å². The summed E-state index contributed by atoms with van der Waals surface area (Å²) < 4.78 is 35.0. The van der Waals surface area contributed by atoms with E-state index in [0.717, 1.165) is 0 Å². The van der Waals surface area contributed by atoms with Crippen molar-refractivity contribution in [3.63, 3.8) is 0 Å². The number of carbonyl (C=O) groups is 2. The lowest BCUT2D eigenvalue weighted by Crippen LogP contribution is -2.02. The molecule has 0 amide bonds. The number of fused-ring (bicyclic) bond motifs is 1. The highest BCUT2D eigenvalue weighted by atomic mass is 19.1. The Hall–Kier alpha value is -4.00. The van der Waals surface area contributed by atoms with Crippen LogP contribution in [0, 0.1) is 11.6 Å². The fourth-order valence-corrected chi connectivity index (χ4v) is 3.58. The first kappa shape index (κ1) is 20.3. The molecule has 0 saturated carbocycles. The number of carbonyl (C=O) groups excluding carboxylic acids is 1. The van der Waals surface area contributed by atoms with Crippen molar-refractivity contribution < 1.29 is 27.9 Å². The summed E-state index contributed by atoms with van der Waals surface area (Å²) >= 11 is 0. The zero-order valence-electron chi connectivity index (χ0n) is 16.4. The maximum atomic E-state index is 15.8. The van der Waals surface area contributed by atoms with E-state index in [4.69, 9.17) is 4.42 Å². The number of nitrogens with one attached hydrogen (secondary N) is 1. The van der Waals surface area contributed by atoms with Crippen LogP contribution >= 0.6 is 0 Å². The molecule has 1 heterocycles. The Labute approximate surface area is 175 Å². The molecule has 7 heteroatoms. The van der Waals surface area contributed by atoms with Gasteiger partial charge in [-0.05, 0) is 48.9 Å². The Morgan fingerprint density at radius 1 is 1.10 bits per heavy atom. The highest BCUT2D eigenvalue weighted by molar-refractivity contribution is 6.06. The molecule has 0 spiro atoms. The molecule has 0 aliphatic carbocycles. The van der Waals surface area contributed by atoms with Gasteiger partial charge in [0, 0.05) is 29.4 Å². The van der Waals surface area contributed by atoms with Crippen molar-refractivity contribution in [3.8, 4) is 22.5 Å². The summed E-state index contributed by atoms with van der Waals surface area (Å²) in [5.41, 5.74) is 1.45. The standard InChI is InChI=1S/C24H17F2NO4/c1-2-27-18-11-19-21(17(12-28)23(31-19)13-6-8-16(25)9-7-13)22(26)20(18)14-4-3-5-15(10-14)24(29)30/h3-12,27H,2H2,1H3,(H,29,30). The molecule has 1 aromatic heterocycles. The quantitative estimate of drug-likeness (QED) is 0.374. The van der Waals surface area contributed by atoms with Crippen LogP contribution in [-0.2, 0) is 0 Å². The van der Waals surface area contributed by atoms with E-state index in [1.165, 1.54) is 42.5 Å². The largest absolute Gasteiger partial charge is 0.478 e. The molecule has 5 nitrogen and oxygen atoms in total. The van der Waals surface area contributed by atoms with E-state index < -0.39 is 17.6 Å². The molecule has 3 aromatic carbocycles. The number of carboxylic acid groups (broad SMARTS) is 1. The number of rotatable bonds is 6. The Bertz CT molecular complexity index is 1310. The fourth-order valence-electron chi connectivity index (χ4n) is 3.58. The molecule has 0 aliphatic heterocycles. The number of hydrogen-bond donors (Lipinski definition) is 2. The zero-order valence-corrected chi connectivity index (χ0v) is 16.4. The van der Waals surface area contributed by atoms with Crippen molar-refractivity contribution in [1.29, 1.82) is 0 Å². The minimum atomic E-state index is -1.14. The summed E-state index contributed by atoms with van der Waals surface area (Å²) in [7, 11) is 0. The lowest BCUT2D eigenvalue weighted by atomic mass is 9.97. The number of aromatic carboxylic acids is 1. The third-order valence-electron chi connectivity index (χ3n) is 4.95. The molecule has 0 saturated heterocycles. The molecular weight excluding hydrogens is 404 g/mol. The SMILES string of the molecule is CCNc1cc2oc(-c3ccc(F)cc3)c(C=O)c2c(F)c1-c1cccc(C(=O)O)c1. The van der Waals surface area contributed by atoms with Crippen molar-refractivity contribution in [3.05, 3.63) is 77.4 Å². The molecule has 0 unspecified atom stereocenters. The number of furan rings is 1. The maximum absolute atomic E-state index is 15.8. The first-order valence-electron chi connectivity index (χ1n) is 9.52. The summed E-state index contributed by atoms with van der Waals surface area (Å²) in [6.07, 6.45) is 0.498. The monoisotopic (exact) mass is 421 g/mol. The molecule has 0 fully saturated rings. The lowest BCUT2D eigenvalue weighted by molar-refractivity contribution is 0.0696. The van der Waals surface area contributed by atoms with Gasteiger partial charge in [0.15, 0.2) is 6.29 Å². The van der Waals surface area contributed by atoms with E-state index >= 15 is 4.39 Å². The van der Waals surface area contributed by atoms with Crippen LogP contribution in [0.5, 0.6) is 0 Å². The first-order chi connectivity index (χ1) is 14.9. The summed E-state index contributed by atoms with van der Waals surface area (Å²) in [6, 6.07) is 12.8. The summed E-state index contributed by atoms with van der Waals surface area (Å²) in [5.74, 6) is -2.17. The second kappa shape index (κ2) is 8.02. The molecule has 0 aliphatic rings. The predicted molar refractivity (Wildman–Crippen MR) is 114 cm³/mol. The Morgan fingerprint density at radius 3 is 2.48 bits per heavy atom. The fraction of sp³-hybridized carbons (Fsp3) is 0.0833. The summed E-state index contributed by atoms with van der Waals surface area (Å²) in [4.78, 5) is 23.3. The van der Waals surface area contributed by atoms with Gasteiger partial charge in [-0.15, -0.1) is 0 Å². The van der Waals surface area contributed by atoms with Crippen LogP contribution in [-0.4, -0.2) is 23.9 Å². The molecule has 4 rings (SSSR count). The van der Waals surface area contributed by atoms with Crippen LogP contribution < -0.4 is 5.32 Å². The Kier molecular flexibility index (Phi) is 5.25. The van der Waals surface area contributed by atoms with Crippen LogP contribution in [0.4, 0.5) is 14.5 Å². The van der Waals surface area contributed by atoms with Gasteiger partial charge >= 0.3 is 5.97 Å². The van der Waals surface area contributed by atoms with Crippen molar-refractivity contribution in [2.45, 2.75) is 6.92 Å². The van der Waals surface area contributed by atoms with E-state index in [0.29, 0.717) is 29.6 Å². The van der Waals surface area contributed by atoms with Crippen molar-refractivity contribution in [2.24, 2.45) is 0 Å². The van der Waals surface area contributed by atoms with Crippen LogP contribution in [0.25, 0.3) is 33.4 Å². The predicted octanol–water partition coefficient (Wildman–Crippen LogP) is 5.99. The maximum Gasteiger partial charge on any atom is 0.335 e. The molecule has 156 valence electrons. The molecule has 2 N–H and O–H groups in total. The van der Waals surface area contributed by atoms with Gasteiger partial charge in [0.05, 0.1) is 16.5 Å². The molecular formula is C24H17F2NO4. The highest BCUT2D eigenvalue weighted by Gasteiger charge is 2.24. The summed E-state index contributed by atoms with van der Waals surface area (Å²) in [5, 5.41) is 12.3. The van der Waals surface area contributed by atoms with E-state index in [9.17, 15) is 19.1 Å². The van der Waals surface area contributed by atoms with E-state index in [-0.39, 0.29) is 33.4 Å². The lowest BCUT2D eigenvalue weighted by Gasteiger charge is -2.13. The van der Waals surface area contributed by atoms with Crippen LogP contribution in [0.1, 0.15) is 27.6 Å². The Balaban J connectivity index is 2.03. The molecule has 0 bridgehead atoms. The van der Waals surface area contributed by atoms with Gasteiger partial charge in [0.2, 0.25) is 0 Å². The van der Waals surface area contributed by atoms with Gasteiger partial charge in [-0.1, -0.05) is 12.1 Å². The highest BCUT2D eigenvalue weighted by Crippen LogP contribution is 2.41.